The molecule has 2 N–H and O–H groups in total. The highest BCUT2D eigenvalue weighted by atomic mass is 16.2. The van der Waals surface area contributed by atoms with E-state index >= 15 is 0 Å². The van der Waals surface area contributed by atoms with Crippen LogP contribution in [0, 0.1) is 0 Å². The van der Waals surface area contributed by atoms with Gasteiger partial charge < -0.3 is 10.6 Å². The summed E-state index contributed by atoms with van der Waals surface area (Å²) >= 11 is 0. The van der Waals surface area contributed by atoms with Crippen molar-refractivity contribution in [2.45, 2.75) is 0 Å². The Hall–Kier alpha value is -2.95. The Kier molecular flexibility index (Phi) is 4.46. The van der Waals surface area contributed by atoms with Crippen LogP contribution in [0.4, 0.5) is 5.69 Å². The van der Waals surface area contributed by atoms with Crippen molar-refractivity contribution in [3.05, 3.63) is 66.0 Å². The summed E-state index contributed by atoms with van der Waals surface area (Å²) in [6.07, 6.45) is 6.41. The molecule has 21 heavy (non-hydrogen) atoms. The van der Waals surface area contributed by atoms with Crippen LogP contribution in [0.3, 0.4) is 0 Å². The topological polar surface area (TPSA) is 76.3 Å². The third kappa shape index (κ3) is 3.76. The van der Waals surface area contributed by atoms with Crippen LogP contribution in [-0.4, -0.2) is 23.8 Å². The van der Waals surface area contributed by atoms with Crippen LogP contribution in [0.5, 0.6) is 0 Å². The predicted molar refractivity (Wildman–Crippen MR) is 81.6 cm³/mol. The van der Waals surface area contributed by atoms with E-state index in [9.17, 15) is 9.59 Å². The molecule has 2 rings (SSSR count). The minimum atomic E-state index is -0.474. The quantitative estimate of drug-likeness (QED) is 0.869. The van der Waals surface area contributed by atoms with Gasteiger partial charge in [0.15, 0.2) is 0 Å². The maximum absolute atomic E-state index is 12.0. The smallest absolute Gasteiger partial charge is 0.250 e. The Labute approximate surface area is 122 Å². The maximum Gasteiger partial charge on any atom is 0.250 e. The normalized spacial score (nSPS) is 10.5. The first kappa shape index (κ1) is 14.5. The minimum absolute atomic E-state index is 0.165. The second kappa shape index (κ2) is 6.47. The van der Waals surface area contributed by atoms with Gasteiger partial charge in [0.25, 0.3) is 5.91 Å². The minimum Gasteiger partial charge on any atom is -0.366 e. The fourth-order valence-corrected chi connectivity index (χ4v) is 1.72. The van der Waals surface area contributed by atoms with Crippen molar-refractivity contribution in [3.63, 3.8) is 0 Å². The Morgan fingerprint density at radius 1 is 1.19 bits per heavy atom. The summed E-state index contributed by atoms with van der Waals surface area (Å²) < 4.78 is 0. The molecule has 106 valence electrons. The van der Waals surface area contributed by atoms with Gasteiger partial charge in [-0.1, -0.05) is 12.1 Å². The molecule has 0 spiro atoms. The van der Waals surface area contributed by atoms with Gasteiger partial charge in [-0.3, -0.25) is 14.6 Å². The third-order valence-corrected chi connectivity index (χ3v) is 2.98. The lowest BCUT2D eigenvalue weighted by molar-refractivity contribution is -0.113. The molecule has 0 aliphatic carbocycles. The first-order valence-corrected chi connectivity index (χ1v) is 6.33. The SMILES string of the molecule is CN(C(=O)/C=C/c1ccc(C(N)=O)cc1)c1cccnc1. The number of likely N-dealkylation sites (N-methyl/N-ethyl adjacent to an activating group) is 1. The Bertz CT molecular complexity index is 664. The first-order chi connectivity index (χ1) is 10.1. The van der Waals surface area contributed by atoms with Crippen molar-refractivity contribution in [2.24, 2.45) is 5.73 Å². The number of hydrogen-bond donors (Lipinski definition) is 1. The van der Waals surface area contributed by atoms with Crippen LogP contribution in [0.2, 0.25) is 0 Å². The van der Waals surface area contributed by atoms with E-state index in [0.29, 0.717) is 5.56 Å². The average Bonchev–Trinajstić information content (AvgIpc) is 2.53. The highest BCUT2D eigenvalue weighted by molar-refractivity contribution is 6.03. The maximum atomic E-state index is 12.0. The van der Waals surface area contributed by atoms with E-state index < -0.39 is 5.91 Å². The standard InChI is InChI=1S/C16H15N3O2/c1-19(14-3-2-10-18-11-14)15(20)9-6-12-4-7-13(8-5-12)16(17)21/h2-11H,1H3,(H2,17,21)/b9-6+. The molecule has 5 heteroatoms. The molecule has 0 fully saturated rings. The lowest BCUT2D eigenvalue weighted by Crippen LogP contribution is -2.23. The number of rotatable bonds is 4. The Balaban J connectivity index is 2.06. The summed E-state index contributed by atoms with van der Waals surface area (Å²) in [5.74, 6) is -0.639. The third-order valence-electron chi connectivity index (χ3n) is 2.98. The second-order valence-electron chi connectivity index (χ2n) is 4.43. The molecule has 0 atom stereocenters. The van der Waals surface area contributed by atoms with Crippen LogP contribution in [0.25, 0.3) is 6.08 Å². The van der Waals surface area contributed by atoms with Gasteiger partial charge in [-0.2, -0.15) is 0 Å². The van der Waals surface area contributed by atoms with Gasteiger partial charge in [-0.05, 0) is 35.9 Å². The summed E-state index contributed by atoms with van der Waals surface area (Å²) in [5, 5.41) is 0. The summed E-state index contributed by atoms with van der Waals surface area (Å²) in [6, 6.07) is 10.3. The Morgan fingerprint density at radius 3 is 2.48 bits per heavy atom. The van der Waals surface area contributed by atoms with E-state index in [2.05, 4.69) is 4.98 Å². The van der Waals surface area contributed by atoms with Gasteiger partial charge in [0.05, 0.1) is 11.9 Å². The molecule has 0 bridgehead atoms. The van der Waals surface area contributed by atoms with E-state index in [4.69, 9.17) is 5.73 Å². The molecular formula is C16H15N3O2. The number of amides is 2. The molecule has 1 heterocycles. The number of carbonyl (C=O) groups is 2. The summed E-state index contributed by atoms with van der Waals surface area (Å²) in [5.41, 5.74) is 7.13. The monoisotopic (exact) mass is 281 g/mol. The van der Waals surface area contributed by atoms with Gasteiger partial charge >= 0.3 is 0 Å². The number of primary amides is 1. The van der Waals surface area contributed by atoms with E-state index in [0.717, 1.165) is 11.3 Å². The van der Waals surface area contributed by atoms with Crippen LogP contribution in [0.1, 0.15) is 15.9 Å². The number of nitrogens with zero attached hydrogens (tertiary/aromatic N) is 2. The molecule has 0 radical (unpaired) electrons. The molecule has 0 saturated carbocycles. The van der Waals surface area contributed by atoms with Crippen LogP contribution < -0.4 is 10.6 Å². The van der Waals surface area contributed by atoms with Crippen LogP contribution in [-0.2, 0) is 4.79 Å². The fraction of sp³-hybridized carbons (Fsp3) is 0.0625. The van der Waals surface area contributed by atoms with E-state index in [1.54, 1.807) is 61.9 Å². The summed E-state index contributed by atoms with van der Waals surface area (Å²) in [7, 11) is 1.68. The molecule has 0 unspecified atom stereocenters. The van der Waals surface area contributed by atoms with E-state index in [-0.39, 0.29) is 5.91 Å². The fourth-order valence-electron chi connectivity index (χ4n) is 1.72. The number of benzene rings is 1. The highest BCUT2D eigenvalue weighted by Gasteiger charge is 2.07. The van der Waals surface area contributed by atoms with Crippen LogP contribution >= 0.6 is 0 Å². The van der Waals surface area contributed by atoms with Crippen molar-refractivity contribution in [2.75, 3.05) is 11.9 Å². The number of anilines is 1. The molecule has 0 aliphatic heterocycles. The predicted octanol–water partition coefficient (Wildman–Crippen LogP) is 1.86. The van der Waals surface area contributed by atoms with Crippen LogP contribution in [0.15, 0.2) is 54.9 Å². The number of pyridine rings is 1. The number of carbonyl (C=O) groups excluding carboxylic acids is 2. The van der Waals surface area contributed by atoms with Gasteiger partial charge in [0.2, 0.25) is 5.91 Å². The zero-order valence-electron chi connectivity index (χ0n) is 11.6. The Morgan fingerprint density at radius 2 is 1.90 bits per heavy atom. The molecule has 1 aromatic heterocycles. The van der Waals surface area contributed by atoms with Crippen molar-refractivity contribution in [1.29, 1.82) is 0 Å². The van der Waals surface area contributed by atoms with Gasteiger partial charge in [-0.25, -0.2) is 0 Å². The first-order valence-electron chi connectivity index (χ1n) is 6.33. The van der Waals surface area contributed by atoms with Crippen molar-refractivity contribution in [3.8, 4) is 0 Å². The van der Waals surface area contributed by atoms with Crippen molar-refractivity contribution < 1.29 is 9.59 Å². The van der Waals surface area contributed by atoms with Crippen molar-refractivity contribution in [1.82, 2.24) is 4.98 Å². The van der Waals surface area contributed by atoms with Crippen molar-refractivity contribution >= 4 is 23.6 Å². The second-order valence-corrected chi connectivity index (χ2v) is 4.43. The number of nitrogens with two attached hydrogens (primary N) is 1. The van der Waals surface area contributed by atoms with Gasteiger partial charge in [0, 0.05) is 24.9 Å². The van der Waals surface area contributed by atoms with Gasteiger partial charge in [-0.15, -0.1) is 0 Å². The molecule has 2 aromatic rings. The lowest BCUT2D eigenvalue weighted by atomic mass is 10.1. The highest BCUT2D eigenvalue weighted by Crippen LogP contribution is 2.11. The molecule has 1 aromatic carbocycles. The average molecular weight is 281 g/mol. The molecule has 0 aliphatic rings. The summed E-state index contributed by atoms with van der Waals surface area (Å²) in [4.78, 5) is 28.5. The number of aromatic nitrogens is 1. The lowest BCUT2D eigenvalue weighted by Gasteiger charge is -2.14. The molecular weight excluding hydrogens is 266 g/mol. The zero-order chi connectivity index (χ0) is 15.2. The zero-order valence-corrected chi connectivity index (χ0v) is 11.6. The summed E-state index contributed by atoms with van der Waals surface area (Å²) in [6.45, 7) is 0. The molecule has 5 nitrogen and oxygen atoms in total. The van der Waals surface area contributed by atoms with Gasteiger partial charge in [0.1, 0.15) is 0 Å². The molecule has 0 saturated heterocycles. The largest absolute Gasteiger partial charge is 0.366 e. The van der Waals surface area contributed by atoms with E-state index in [1.165, 1.54) is 11.0 Å². The number of hydrogen-bond acceptors (Lipinski definition) is 3. The molecule has 2 amide bonds. The van der Waals surface area contributed by atoms with E-state index in [1.807, 2.05) is 0 Å².